The molecule has 1 aromatic rings. The van der Waals surface area contributed by atoms with Crippen LogP contribution in [0.1, 0.15) is 31.1 Å². The van der Waals surface area contributed by atoms with Crippen LogP contribution in [0.5, 0.6) is 11.5 Å². The van der Waals surface area contributed by atoms with Crippen molar-refractivity contribution >= 4 is 18.3 Å². The molecule has 0 spiro atoms. The van der Waals surface area contributed by atoms with Crippen molar-refractivity contribution in [1.82, 2.24) is 5.32 Å². The number of nitrogens with two attached hydrogens (primary N) is 1. The van der Waals surface area contributed by atoms with Gasteiger partial charge in [-0.15, -0.1) is 12.4 Å². The molecule has 0 bridgehead atoms. The molecule has 0 fully saturated rings. The normalized spacial score (nSPS) is 11.5. The fraction of sp³-hybridized carbons (Fsp3) is 0.533. The van der Waals surface area contributed by atoms with Gasteiger partial charge in [0.05, 0.1) is 13.2 Å². The van der Waals surface area contributed by atoms with Gasteiger partial charge in [0.2, 0.25) is 0 Å². The van der Waals surface area contributed by atoms with Crippen LogP contribution in [0.15, 0.2) is 18.2 Å². The lowest BCUT2D eigenvalue weighted by atomic mass is 10.1. The van der Waals surface area contributed by atoms with Crippen molar-refractivity contribution in [2.75, 3.05) is 20.2 Å². The predicted octanol–water partition coefficient (Wildman–Crippen LogP) is 2.23. The first-order valence-electron chi connectivity index (χ1n) is 6.80. The third-order valence-electron chi connectivity index (χ3n) is 2.80. The topological polar surface area (TPSA) is 73.6 Å². The van der Waals surface area contributed by atoms with Crippen molar-refractivity contribution in [2.45, 2.75) is 26.9 Å². The highest BCUT2D eigenvalue weighted by atomic mass is 35.5. The molecule has 0 saturated carbocycles. The van der Waals surface area contributed by atoms with Crippen molar-refractivity contribution in [2.24, 2.45) is 11.7 Å². The molecule has 0 aromatic heterocycles. The van der Waals surface area contributed by atoms with E-state index < -0.39 is 0 Å². The largest absolute Gasteiger partial charge is 0.493 e. The van der Waals surface area contributed by atoms with E-state index in [0.717, 1.165) is 0 Å². The molecule has 0 radical (unpaired) electrons. The van der Waals surface area contributed by atoms with E-state index in [9.17, 15) is 4.79 Å². The maximum atomic E-state index is 12.0. The summed E-state index contributed by atoms with van der Waals surface area (Å²) >= 11 is 0. The van der Waals surface area contributed by atoms with Gasteiger partial charge in [-0.05, 0) is 44.5 Å². The minimum absolute atomic E-state index is 0. The molecule has 1 unspecified atom stereocenters. The summed E-state index contributed by atoms with van der Waals surface area (Å²) in [5.74, 6) is 1.30. The van der Waals surface area contributed by atoms with Gasteiger partial charge in [-0.25, -0.2) is 0 Å². The first kappa shape index (κ1) is 19.5. The van der Waals surface area contributed by atoms with Gasteiger partial charge in [0, 0.05) is 12.1 Å². The lowest BCUT2D eigenvalue weighted by molar-refractivity contribution is 0.0948. The number of halogens is 1. The van der Waals surface area contributed by atoms with Crippen molar-refractivity contribution < 1.29 is 14.3 Å². The third-order valence-corrected chi connectivity index (χ3v) is 2.80. The Balaban J connectivity index is 0.00000400. The molecule has 21 heavy (non-hydrogen) atoms. The Labute approximate surface area is 132 Å². The number of methoxy groups -OCH3 is 1. The Kier molecular flexibility index (Phi) is 8.81. The first-order valence-corrected chi connectivity index (χ1v) is 6.80. The van der Waals surface area contributed by atoms with Crippen molar-refractivity contribution in [3.8, 4) is 11.5 Å². The number of nitrogens with one attached hydrogen (secondary N) is 1. The van der Waals surface area contributed by atoms with Crippen LogP contribution in [-0.2, 0) is 0 Å². The first-order chi connectivity index (χ1) is 9.47. The number of benzene rings is 1. The number of hydrogen-bond acceptors (Lipinski definition) is 4. The second-order valence-corrected chi connectivity index (χ2v) is 5.08. The molecular formula is C15H25ClN2O3. The SMILES string of the molecule is COc1cc(C(=O)NCC(C)CN)ccc1OC(C)C.Cl. The summed E-state index contributed by atoms with van der Waals surface area (Å²) in [5, 5.41) is 2.85. The molecule has 0 saturated heterocycles. The second kappa shape index (κ2) is 9.47. The van der Waals surface area contributed by atoms with Gasteiger partial charge in [0.15, 0.2) is 11.5 Å². The molecule has 0 aliphatic carbocycles. The smallest absolute Gasteiger partial charge is 0.251 e. The van der Waals surface area contributed by atoms with Crippen LogP contribution in [0.2, 0.25) is 0 Å². The molecule has 1 amide bonds. The van der Waals surface area contributed by atoms with Crippen LogP contribution >= 0.6 is 12.4 Å². The van der Waals surface area contributed by atoms with Crippen LogP contribution < -0.4 is 20.5 Å². The molecule has 0 heterocycles. The summed E-state index contributed by atoms with van der Waals surface area (Å²) in [7, 11) is 1.56. The number of ether oxygens (including phenoxy) is 2. The van der Waals surface area contributed by atoms with E-state index in [1.54, 1.807) is 25.3 Å². The minimum atomic E-state index is -0.139. The molecule has 0 aliphatic rings. The zero-order valence-electron chi connectivity index (χ0n) is 13.0. The van der Waals surface area contributed by atoms with Gasteiger partial charge in [0.25, 0.3) is 5.91 Å². The summed E-state index contributed by atoms with van der Waals surface area (Å²) in [4.78, 5) is 12.0. The van der Waals surface area contributed by atoms with Gasteiger partial charge in [-0.1, -0.05) is 6.92 Å². The van der Waals surface area contributed by atoms with E-state index in [4.69, 9.17) is 15.2 Å². The Morgan fingerprint density at radius 1 is 1.29 bits per heavy atom. The number of amides is 1. The molecule has 120 valence electrons. The summed E-state index contributed by atoms with van der Waals surface area (Å²) in [6.45, 7) is 6.97. The Morgan fingerprint density at radius 2 is 1.95 bits per heavy atom. The number of rotatable bonds is 7. The lowest BCUT2D eigenvalue weighted by Crippen LogP contribution is -2.31. The Hall–Kier alpha value is -1.46. The van der Waals surface area contributed by atoms with E-state index in [1.165, 1.54) is 0 Å². The van der Waals surface area contributed by atoms with E-state index in [2.05, 4.69) is 5.32 Å². The average molecular weight is 317 g/mol. The van der Waals surface area contributed by atoms with E-state index in [-0.39, 0.29) is 30.3 Å². The number of hydrogen-bond donors (Lipinski definition) is 2. The summed E-state index contributed by atoms with van der Waals surface area (Å²) < 4.78 is 10.9. The van der Waals surface area contributed by atoms with Gasteiger partial charge < -0.3 is 20.5 Å². The highest BCUT2D eigenvalue weighted by Gasteiger charge is 2.12. The summed E-state index contributed by atoms with van der Waals surface area (Å²) in [6.07, 6.45) is 0.0500. The van der Waals surface area contributed by atoms with Crippen molar-refractivity contribution in [3.05, 3.63) is 23.8 Å². The predicted molar refractivity (Wildman–Crippen MR) is 86.6 cm³/mol. The zero-order chi connectivity index (χ0) is 15.1. The Bertz CT molecular complexity index is 453. The summed E-state index contributed by atoms with van der Waals surface area (Å²) in [5.41, 5.74) is 6.06. The highest BCUT2D eigenvalue weighted by molar-refractivity contribution is 5.94. The Morgan fingerprint density at radius 3 is 2.48 bits per heavy atom. The quantitative estimate of drug-likeness (QED) is 0.809. The van der Waals surface area contributed by atoms with Crippen LogP contribution in [-0.4, -0.2) is 32.2 Å². The van der Waals surface area contributed by atoms with Gasteiger partial charge in [-0.3, -0.25) is 4.79 Å². The molecule has 0 aliphatic heterocycles. The van der Waals surface area contributed by atoms with E-state index in [0.29, 0.717) is 30.2 Å². The van der Waals surface area contributed by atoms with Gasteiger partial charge in [0.1, 0.15) is 0 Å². The molecule has 1 rings (SSSR count). The number of carbonyl (C=O) groups is 1. The highest BCUT2D eigenvalue weighted by Crippen LogP contribution is 2.28. The molecule has 1 aromatic carbocycles. The van der Waals surface area contributed by atoms with Gasteiger partial charge in [-0.2, -0.15) is 0 Å². The van der Waals surface area contributed by atoms with Crippen LogP contribution in [0.3, 0.4) is 0 Å². The maximum absolute atomic E-state index is 12.0. The lowest BCUT2D eigenvalue weighted by Gasteiger charge is -2.15. The third kappa shape index (κ3) is 6.23. The average Bonchev–Trinajstić information content (AvgIpc) is 2.44. The molecule has 6 heteroatoms. The van der Waals surface area contributed by atoms with Crippen LogP contribution in [0, 0.1) is 5.92 Å². The van der Waals surface area contributed by atoms with Crippen molar-refractivity contribution in [1.29, 1.82) is 0 Å². The van der Waals surface area contributed by atoms with Gasteiger partial charge >= 0.3 is 0 Å². The summed E-state index contributed by atoms with van der Waals surface area (Å²) in [6, 6.07) is 5.16. The maximum Gasteiger partial charge on any atom is 0.251 e. The fourth-order valence-electron chi connectivity index (χ4n) is 1.61. The van der Waals surface area contributed by atoms with Crippen LogP contribution in [0.4, 0.5) is 0 Å². The minimum Gasteiger partial charge on any atom is -0.493 e. The fourth-order valence-corrected chi connectivity index (χ4v) is 1.61. The van der Waals surface area contributed by atoms with Crippen LogP contribution in [0.25, 0.3) is 0 Å². The van der Waals surface area contributed by atoms with E-state index >= 15 is 0 Å². The molecule has 5 nitrogen and oxygen atoms in total. The zero-order valence-corrected chi connectivity index (χ0v) is 13.8. The van der Waals surface area contributed by atoms with Crippen molar-refractivity contribution in [3.63, 3.8) is 0 Å². The molecule has 1 atom stereocenters. The molecular weight excluding hydrogens is 292 g/mol. The molecule has 3 N–H and O–H groups in total. The van der Waals surface area contributed by atoms with E-state index in [1.807, 2.05) is 20.8 Å². The number of carbonyl (C=O) groups excluding carboxylic acids is 1. The standard InChI is InChI=1S/C15H24N2O3.ClH/c1-10(2)20-13-6-5-12(7-14(13)19-4)15(18)17-9-11(3)8-16;/h5-7,10-11H,8-9,16H2,1-4H3,(H,17,18);1H. The monoisotopic (exact) mass is 316 g/mol. The second-order valence-electron chi connectivity index (χ2n) is 5.08.